The zero-order valence-electron chi connectivity index (χ0n) is 12.4. The first kappa shape index (κ1) is 22.6. The van der Waals surface area contributed by atoms with E-state index >= 15 is 0 Å². The highest BCUT2D eigenvalue weighted by Gasteiger charge is 2.36. The van der Waals surface area contributed by atoms with E-state index in [1.807, 2.05) is 0 Å². The van der Waals surface area contributed by atoms with Gasteiger partial charge in [-0.05, 0) is 0 Å². The van der Waals surface area contributed by atoms with Gasteiger partial charge in [0.05, 0.1) is 0 Å². The van der Waals surface area contributed by atoms with E-state index in [1.54, 1.807) is 0 Å². The highest BCUT2D eigenvalue weighted by atomic mass is 32.2. The van der Waals surface area contributed by atoms with E-state index in [9.17, 15) is 25.9 Å². The molecule has 0 bridgehead atoms. The Morgan fingerprint density at radius 2 is 1.00 bits per heavy atom. The first-order valence-electron chi connectivity index (χ1n) is 6.73. The Kier molecular flexibility index (Phi) is 9.04. The van der Waals surface area contributed by atoms with Crippen LogP contribution in [0.4, 0.5) is 0 Å². The number of nitrogens with zero attached hydrogens (tertiary/aromatic N) is 2. The summed E-state index contributed by atoms with van der Waals surface area (Å²) in [6, 6.07) is 0. The van der Waals surface area contributed by atoms with Crippen LogP contribution in [0.5, 0.6) is 0 Å². The van der Waals surface area contributed by atoms with E-state index in [0.717, 1.165) is 0 Å². The van der Waals surface area contributed by atoms with Crippen LogP contribution in [0.25, 0.3) is 0 Å². The fourth-order valence-corrected chi connectivity index (χ4v) is 4.56. The molecule has 1 aliphatic rings. The molecular weight excluding hydrogens is 356 g/mol. The molecule has 2 unspecified atom stereocenters. The quantitative estimate of drug-likeness (QED) is 0.315. The van der Waals surface area contributed by atoms with Gasteiger partial charge in [-0.1, -0.05) is 0 Å². The maximum Gasteiger partial charge on any atom is 0.281 e. The summed E-state index contributed by atoms with van der Waals surface area (Å²) in [6.45, 7) is -0.265. The van der Waals surface area contributed by atoms with Gasteiger partial charge in [0.15, 0.2) is 0 Å². The molecule has 0 aromatic rings. The first-order valence-corrected chi connectivity index (χ1v) is 9.74. The van der Waals surface area contributed by atoms with Crippen molar-refractivity contribution in [3.8, 4) is 0 Å². The van der Waals surface area contributed by atoms with Gasteiger partial charge in [-0.2, -0.15) is 16.8 Å². The zero-order valence-corrected chi connectivity index (χ0v) is 14.1. The van der Waals surface area contributed by atoms with Crippen molar-refractivity contribution in [2.75, 3.05) is 39.4 Å². The van der Waals surface area contributed by atoms with E-state index < -0.39 is 44.2 Å². The summed E-state index contributed by atoms with van der Waals surface area (Å²) in [4.78, 5) is 2.87. The molecule has 0 amide bonds. The van der Waals surface area contributed by atoms with Crippen LogP contribution in [0, 0.1) is 0 Å². The summed E-state index contributed by atoms with van der Waals surface area (Å²) in [5.41, 5.74) is 0. The molecule has 1 aliphatic heterocycles. The average Bonchev–Trinajstić information content (AvgIpc) is 2.40. The molecule has 11 nitrogen and oxygen atoms in total. The van der Waals surface area contributed by atoms with Crippen molar-refractivity contribution < 1.29 is 41.6 Å². The number of hydrogen-bond acceptors (Lipinski definition) is 8. The van der Waals surface area contributed by atoms with Gasteiger partial charge in [0, 0.05) is 52.2 Å². The molecule has 0 saturated carbocycles. The van der Waals surface area contributed by atoms with Gasteiger partial charge in [-0.25, -0.2) is 0 Å². The molecule has 1 saturated heterocycles. The largest absolute Gasteiger partial charge is 0.412 e. The first-order chi connectivity index (χ1) is 10.1. The lowest BCUT2D eigenvalue weighted by molar-refractivity contribution is 0.0884. The molecule has 0 radical (unpaired) electrons. The molecule has 1 rings (SSSR count). The molecular formula is C10H24N2O9S2. The van der Waals surface area contributed by atoms with Crippen molar-refractivity contribution in [1.29, 1.82) is 0 Å². The second kappa shape index (κ2) is 9.19. The van der Waals surface area contributed by atoms with Crippen molar-refractivity contribution in [3.63, 3.8) is 0 Å². The summed E-state index contributed by atoms with van der Waals surface area (Å²) in [7, 11) is -8.73. The Balaban J connectivity index is 0.00000484. The molecule has 0 spiro atoms. The summed E-state index contributed by atoms with van der Waals surface area (Å²) in [5.74, 6) is 0. The average molecular weight is 380 g/mol. The van der Waals surface area contributed by atoms with Gasteiger partial charge in [0.2, 0.25) is 0 Å². The zero-order chi connectivity index (χ0) is 17.0. The Labute approximate surface area is 135 Å². The highest BCUT2D eigenvalue weighted by molar-refractivity contribution is 7.86. The van der Waals surface area contributed by atoms with Crippen LogP contribution in [0.2, 0.25) is 0 Å². The third kappa shape index (κ3) is 6.56. The standard InChI is InChI=1S/C10H22N2O8S2.H2O/c13-7-1-9(21(15,16)17)11-3-5-12(6-4-11)10(2-8-14)22(18,19)20;/h9-10,13-14H,1-8H2,(H,15,16,17)(H,18,19,20);1H2. The van der Waals surface area contributed by atoms with E-state index in [4.69, 9.17) is 10.2 Å². The van der Waals surface area contributed by atoms with E-state index in [2.05, 4.69) is 0 Å². The van der Waals surface area contributed by atoms with Gasteiger partial charge < -0.3 is 15.7 Å². The van der Waals surface area contributed by atoms with Crippen LogP contribution in [-0.4, -0.2) is 102 Å². The topological polar surface area (TPSA) is 187 Å². The molecule has 140 valence electrons. The van der Waals surface area contributed by atoms with Crippen molar-refractivity contribution in [2.24, 2.45) is 0 Å². The summed E-state index contributed by atoms with van der Waals surface area (Å²) in [6.07, 6.45) is -0.311. The van der Waals surface area contributed by atoms with Crippen LogP contribution in [-0.2, 0) is 20.2 Å². The molecule has 13 heteroatoms. The molecule has 1 heterocycles. The van der Waals surface area contributed by atoms with Crippen LogP contribution in [0.3, 0.4) is 0 Å². The molecule has 23 heavy (non-hydrogen) atoms. The van der Waals surface area contributed by atoms with Gasteiger partial charge in [-0.3, -0.25) is 18.9 Å². The Morgan fingerprint density at radius 1 is 0.739 bits per heavy atom. The molecule has 0 aromatic carbocycles. The highest BCUT2D eigenvalue weighted by Crippen LogP contribution is 2.18. The fourth-order valence-electron chi connectivity index (χ4n) is 2.57. The predicted molar refractivity (Wildman–Crippen MR) is 80.8 cm³/mol. The lowest BCUT2D eigenvalue weighted by Gasteiger charge is -2.40. The van der Waals surface area contributed by atoms with Crippen LogP contribution < -0.4 is 0 Å². The normalized spacial score (nSPS) is 20.7. The number of piperazine rings is 1. The van der Waals surface area contributed by atoms with Crippen LogP contribution in [0.15, 0.2) is 0 Å². The van der Waals surface area contributed by atoms with Gasteiger partial charge >= 0.3 is 0 Å². The van der Waals surface area contributed by atoms with Gasteiger partial charge in [0.1, 0.15) is 10.7 Å². The van der Waals surface area contributed by atoms with Crippen LogP contribution in [0.1, 0.15) is 12.8 Å². The molecule has 0 aromatic heterocycles. The minimum absolute atomic E-state index is 0. The lowest BCUT2D eigenvalue weighted by Crippen LogP contribution is -2.56. The number of aliphatic hydroxyl groups excluding tert-OH is 2. The summed E-state index contributed by atoms with van der Waals surface area (Å²) in [5, 5.41) is 15.3. The van der Waals surface area contributed by atoms with Crippen LogP contribution >= 0.6 is 0 Å². The Morgan fingerprint density at radius 3 is 1.17 bits per heavy atom. The third-order valence-electron chi connectivity index (χ3n) is 3.60. The maximum absolute atomic E-state index is 11.3. The second-order valence-corrected chi connectivity index (χ2v) is 8.18. The summed E-state index contributed by atoms with van der Waals surface area (Å²) >= 11 is 0. The maximum atomic E-state index is 11.3. The lowest BCUT2D eigenvalue weighted by atomic mass is 10.2. The number of rotatable bonds is 8. The van der Waals surface area contributed by atoms with Crippen molar-refractivity contribution in [2.45, 2.75) is 23.6 Å². The van der Waals surface area contributed by atoms with Gasteiger partial charge in [-0.15, -0.1) is 0 Å². The third-order valence-corrected chi connectivity index (χ3v) is 6.05. The molecule has 2 atom stereocenters. The van der Waals surface area contributed by atoms with Crippen molar-refractivity contribution in [3.05, 3.63) is 0 Å². The summed E-state index contributed by atoms with van der Waals surface area (Å²) < 4.78 is 63.6. The van der Waals surface area contributed by atoms with Gasteiger partial charge in [0.25, 0.3) is 20.2 Å². The van der Waals surface area contributed by atoms with Crippen molar-refractivity contribution >= 4 is 20.2 Å². The second-order valence-electron chi connectivity index (χ2n) is 5.04. The SMILES string of the molecule is O.O=S(=O)(O)C(CCO)N1CCN(C(CCO)S(=O)(=O)O)CC1. The Hall–Kier alpha value is -0.380. The molecule has 6 N–H and O–H groups in total. The van der Waals surface area contributed by atoms with E-state index in [1.165, 1.54) is 9.80 Å². The smallest absolute Gasteiger partial charge is 0.281 e. The molecule has 0 aliphatic carbocycles. The van der Waals surface area contributed by atoms with E-state index in [-0.39, 0.29) is 44.5 Å². The minimum Gasteiger partial charge on any atom is -0.412 e. The van der Waals surface area contributed by atoms with Crippen molar-refractivity contribution in [1.82, 2.24) is 9.80 Å². The number of aliphatic hydroxyl groups is 2. The monoisotopic (exact) mass is 380 g/mol. The fraction of sp³-hybridized carbons (Fsp3) is 1.00. The Bertz CT molecular complexity index is 493. The molecule has 1 fully saturated rings. The van der Waals surface area contributed by atoms with E-state index in [0.29, 0.717) is 0 Å². The minimum atomic E-state index is -4.36. The predicted octanol–water partition coefficient (Wildman–Crippen LogP) is -3.03. The number of hydrogen-bond donors (Lipinski definition) is 4.